The van der Waals surface area contributed by atoms with Crippen LogP contribution in [0, 0.1) is 11.8 Å². The number of hydrogen-bond donors (Lipinski definition) is 1. The second-order valence-corrected chi connectivity index (χ2v) is 9.43. The lowest BCUT2D eigenvalue weighted by molar-refractivity contribution is -0.156. The maximum absolute atomic E-state index is 13.5. The molecule has 1 heterocycles. The van der Waals surface area contributed by atoms with Crippen molar-refractivity contribution in [2.24, 2.45) is 11.8 Å². The van der Waals surface area contributed by atoms with Gasteiger partial charge in [0.25, 0.3) is 5.91 Å². The minimum absolute atomic E-state index is 0.0113. The topological polar surface area (TPSA) is 75.7 Å². The Kier molecular flexibility index (Phi) is 7.12. The third-order valence-corrected chi connectivity index (χ3v) is 7.17. The minimum atomic E-state index is -0.525. The fourth-order valence-corrected chi connectivity index (χ4v) is 5.37. The number of para-hydroxylation sites is 2. The molecule has 0 bridgehead atoms. The first-order chi connectivity index (χ1) is 17.6. The lowest BCUT2D eigenvalue weighted by Gasteiger charge is -2.32. The van der Waals surface area contributed by atoms with E-state index in [-0.39, 0.29) is 12.5 Å². The predicted molar refractivity (Wildman–Crippen MR) is 139 cm³/mol. The molecule has 0 saturated heterocycles. The zero-order valence-corrected chi connectivity index (χ0v) is 20.2. The first kappa shape index (κ1) is 23.8. The van der Waals surface area contributed by atoms with Crippen LogP contribution >= 0.6 is 0 Å². The Labute approximate surface area is 211 Å². The number of nitrogens with zero attached hydrogens (tertiary/aromatic N) is 1. The molecule has 184 valence electrons. The Balaban J connectivity index is 1.22. The van der Waals surface area contributed by atoms with Crippen LogP contribution in [0.3, 0.4) is 0 Å². The van der Waals surface area contributed by atoms with Crippen LogP contribution in [0.4, 0.5) is 11.4 Å². The molecule has 1 aliphatic heterocycles. The van der Waals surface area contributed by atoms with Crippen LogP contribution in [-0.4, -0.2) is 30.9 Å². The van der Waals surface area contributed by atoms with Gasteiger partial charge in [-0.1, -0.05) is 79.6 Å². The van der Waals surface area contributed by atoms with Gasteiger partial charge in [-0.3, -0.25) is 14.4 Å². The molecule has 0 radical (unpaired) electrons. The molecule has 36 heavy (non-hydrogen) atoms. The summed E-state index contributed by atoms with van der Waals surface area (Å²) in [6, 6.07) is 25.2. The number of benzene rings is 3. The SMILES string of the molecule is O=C(COC(=O)[C@H]1CCCC[C@H]1C(=O)N1CCc2ccccc21)Nc1ccccc1-c1ccccc1. The van der Waals surface area contributed by atoms with Crippen molar-refractivity contribution in [1.82, 2.24) is 0 Å². The van der Waals surface area contributed by atoms with Crippen molar-refractivity contribution in [3.05, 3.63) is 84.4 Å². The molecule has 6 nitrogen and oxygen atoms in total. The summed E-state index contributed by atoms with van der Waals surface area (Å²) in [4.78, 5) is 41.0. The molecule has 0 spiro atoms. The summed E-state index contributed by atoms with van der Waals surface area (Å²) in [5, 5.41) is 2.87. The highest BCUT2D eigenvalue weighted by molar-refractivity contribution is 6.00. The van der Waals surface area contributed by atoms with E-state index in [1.165, 1.54) is 0 Å². The quantitative estimate of drug-likeness (QED) is 0.488. The number of hydrogen-bond acceptors (Lipinski definition) is 4. The summed E-state index contributed by atoms with van der Waals surface area (Å²) in [5.74, 6) is -1.82. The zero-order valence-electron chi connectivity index (χ0n) is 20.2. The molecule has 1 fully saturated rings. The Morgan fingerprint density at radius 3 is 2.36 bits per heavy atom. The van der Waals surface area contributed by atoms with Crippen LogP contribution in [-0.2, 0) is 25.5 Å². The maximum atomic E-state index is 13.5. The van der Waals surface area contributed by atoms with E-state index in [2.05, 4.69) is 5.32 Å². The van der Waals surface area contributed by atoms with Gasteiger partial charge >= 0.3 is 5.97 Å². The molecule has 3 aromatic rings. The summed E-state index contributed by atoms with van der Waals surface area (Å²) >= 11 is 0. The van der Waals surface area contributed by atoms with Crippen LogP contribution < -0.4 is 10.2 Å². The van der Waals surface area contributed by atoms with Crippen molar-refractivity contribution < 1.29 is 19.1 Å². The number of carbonyl (C=O) groups is 3. The van der Waals surface area contributed by atoms with E-state index in [1.807, 2.05) is 83.8 Å². The third-order valence-electron chi connectivity index (χ3n) is 7.17. The van der Waals surface area contributed by atoms with E-state index >= 15 is 0 Å². The van der Waals surface area contributed by atoms with Gasteiger partial charge in [-0.15, -0.1) is 0 Å². The summed E-state index contributed by atoms with van der Waals surface area (Å²) in [6.07, 6.45) is 3.87. The lowest BCUT2D eigenvalue weighted by Crippen LogP contribution is -2.42. The largest absolute Gasteiger partial charge is 0.455 e. The lowest BCUT2D eigenvalue weighted by atomic mass is 9.78. The van der Waals surface area contributed by atoms with E-state index in [0.717, 1.165) is 41.6 Å². The molecule has 2 aliphatic rings. The number of amides is 2. The standard InChI is InChI=1S/C30H30N2O4/c33-28(31-26-16-8-7-13-23(26)21-10-2-1-3-11-21)20-36-30(35)25-15-6-5-14-24(25)29(34)32-19-18-22-12-4-9-17-27(22)32/h1-4,7-13,16-17,24-25H,5-6,14-15,18-20H2,(H,31,33)/t24-,25+/m1/s1. The summed E-state index contributed by atoms with van der Waals surface area (Å²) in [7, 11) is 0. The zero-order chi connectivity index (χ0) is 24.9. The molecule has 1 aliphatic carbocycles. The molecule has 0 aromatic heterocycles. The van der Waals surface area contributed by atoms with E-state index < -0.39 is 23.7 Å². The van der Waals surface area contributed by atoms with Gasteiger partial charge in [0.1, 0.15) is 0 Å². The van der Waals surface area contributed by atoms with Crippen molar-refractivity contribution in [1.29, 1.82) is 0 Å². The number of esters is 1. The number of anilines is 2. The van der Waals surface area contributed by atoms with Gasteiger partial charge in [-0.05, 0) is 42.5 Å². The van der Waals surface area contributed by atoms with Crippen LogP contribution in [0.25, 0.3) is 11.1 Å². The fraction of sp³-hybridized carbons (Fsp3) is 0.300. The average Bonchev–Trinajstić information content (AvgIpc) is 3.36. The van der Waals surface area contributed by atoms with Gasteiger partial charge in [0.15, 0.2) is 6.61 Å². The molecule has 3 aromatic carbocycles. The highest BCUT2D eigenvalue weighted by Gasteiger charge is 2.40. The predicted octanol–water partition coefficient (Wildman–Crippen LogP) is 5.23. The van der Waals surface area contributed by atoms with Crippen LogP contribution in [0.2, 0.25) is 0 Å². The molecule has 2 amide bonds. The summed E-state index contributed by atoms with van der Waals surface area (Å²) in [5.41, 5.74) is 4.63. The van der Waals surface area contributed by atoms with E-state index in [4.69, 9.17) is 4.74 Å². The van der Waals surface area contributed by atoms with Gasteiger partial charge in [0, 0.05) is 23.5 Å². The van der Waals surface area contributed by atoms with E-state index in [1.54, 1.807) is 0 Å². The number of rotatable bonds is 6. The summed E-state index contributed by atoms with van der Waals surface area (Å²) in [6.45, 7) is 0.256. The molecule has 0 unspecified atom stereocenters. The average molecular weight is 483 g/mol. The van der Waals surface area contributed by atoms with Crippen molar-refractivity contribution in [2.45, 2.75) is 32.1 Å². The number of fused-ring (bicyclic) bond motifs is 1. The highest BCUT2D eigenvalue weighted by Crippen LogP contribution is 2.36. The normalized spacial score (nSPS) is 18.8. The summed E-state index contributed by atoms with van der Waals surface area (Å²) < 4.78 is 5.45. The van der Waals surface area contributed by atoms with E-state index in [9.17, 15) is 14.4 Å². The Bertz CT molecular complexity index is 1260. The monoisotopic (exact) mass is 482 g/mol. The fourth-order valence-electron chi connectivity index (χ4n) is 5.37. The number of carbonyl (C=O) groups excluding carboxylic acids is 3. The molecule has 1 saturated carbocycles. The van der Waals surface area contributed by atoms with E-state index in [0.29, 0.717) is 25.1 Å². The maximum Gasteiger partial charge on any atom is 0.310 e. The van der Waals surface area contributed by atoms with Gasteiger partial charge < -0.3 is 15.0 Å². The Hall–Kier alpha value is -3.93. The van der Waals surface area contributed by atoms with Crippen molar-refractivity contribution in [2.75, 3.05) is 23.4 Å². The van der Waals surface area contributed by atoms with Gasteiger partial charge in [0.2, 0.25) is 5.91 Å². The first-order valence-electron chi connectivity index (χ1n) is 12.6. The number of ether oxygens (including phenoxy) is 1. The molecule has 2 atom stereocenters. The van der Waals surface area contributed by atoms with Gasteiger partial charge in [-0.2, -0.15) is 0 Å². The van der Waals surface area contributed by atoms with Gasteiger partial charge in [0.05, 0.1) is 11.8 Å². The second-order valence-electron chi connectivity index (χ2n) is 9.43. The number of nitrogens with one attached hydrogen (secondary N) is 1. The van der Waals surface area contributed by atoms with Crippen molar-refractivity contribution >= 4 is 29.2 Å². The molecule has 6 heteroatoms. The molecule has 1 N–H and O–H groups in total. The van der Waals surface area contributed by atoms with Crippen LogP contribution in [0.5, 0.6) is 0 Å². The Morgan fingerprint density at radius 2 is 1.53 bits per heavy atom. The smallest absolute Gasteiger partial charge is 0.310 e. The third kappa shape index (κ3) is 5.03. The van der Waals surface area contributed by atoms with Crippen LogP contribution in [0.1, 0.15) is 31.2 Å². The molecular formula is C30H30N2O4. The molecule has 5 rings (SSSR count). The highest BCUT2D eigenvalue weighted by atomic mass is 16.5. The molecular weight excluding hydrogens is 452 g/mol. The van der Waals surface area contributed by atoms with Crippen molar-refractivity contribution in [3.8, 4) is 11.1 Å². The van der Waals surface area contributed by atoms with Crippen molar-refractivity contribution in [3.63, 3.8) is 0 Å². The van der Waals surface area contributed by atoms with Gasteiger partial charge in [-0.25, -0.2) is 0 Å². The first-order valence-corrected chi connectivity index (χ1v) is 12.6. The minimum Gasteiger partial charge on any atom is -0.455 e. The Morgan fingerprint density at radius 1 is 0.833 bits per heavy atom. The van der Waals surface area contributed by atoms with Crippen LogP contribution in [0.15, 0.2) is 78.9 Å². The second kappa shape index (κ2) is 10.8.